The highest BCUT2D eigenvalue weighted by Gasteiger charge is 2.31. The van der Waals surface area contributed by atoms with Gasteiger partial charge in [0.2, 0.25) is 0 Å². The molecule has 0 amide bonds. The van der Waals surface area contributed by atoms with Gasteiger partial charge < -0.3 is 14.9 Å². The molecule has 0 fully saturated rings. The topological polar surface area (TPSA) is 66.8 Å². The van der Waals surface area contributed by atoms with Crippen LogP contribution >= 0.6 is 0 Å². The van der Waals surface area contributed by atoms with Crippen LogP contribution in [0.1, 0.15) is 94.0 Å². The Morgan fingerprint density at radius 2 is 1.56 bits per heavy atom. The smallest absolute Gasteiger partial charge is 0.303 e. The number of aliphatic carboxylic acids is 1. The van der Waals surface area contributed by atoms with Gasteiger partial charge in [-0.1, -0.05) is 56.3 Å². The van der Waals surface area contributed by atoms with Crippen molar-refractivity contribution in [2.24, 2.45) is 0 Å². The van der Waals surface area contributed by atoms with Crippen molar-refractivity contribution < 1.29 is 19.7 Å². The number of unbranched alkanes of at least 4 members (excludes halogenated alkanes) is 2. The predicted octanol–water partition coefficient (Wildman–Crippen LogP) is 7.22. The van der Waals surface area contributed by atoms with Crippen molar-refractivity contribution in [2.75, 3.05) is 6.61 Å². The molecule has 2 rings (SSSR count). The Morgan fingerprint density at radius 1 is 0.941 bits per heavy atom. The van der Waals surface area contributed by atoms with Crippen LogP contribution in [0.4, 0.5) is 0 Å². The third-order valence-electron chi connectivity index (χ3n) is 6.72. The number of hydrogen-bond acceptors (Lipinski definition) is 3. The molecule has 0 saturated carbocycles. The number of carboxylic acid groups (broad SMARTS) is 1. The van der Waals surface area contributed by atoms with Crippen LogP contribution < -0.4 is 4.74 Å². The molecule has 0 aliphatic rings. The summed E-state index contributed by atoms with van der Waals surface area (Å²) < 4.78 is 6.00. The maximum atomic E-state index is 10.6. The van der Waals surface area contributed by atoms with E-state index in [-0.39, 0.29) is 11.8 Å². The van der Waals surface area contributed by atoms with Crippen LogP contribution in [0.25, 0.3) is 6.08 Å². The summed E-state index contributed by atoms with van der Waals surface area (Å²) in [5.41, 5.74) is 5.13. The molecule has 0 aromatic heterocycles. The molecule has 2 aromatic rings. The maximum Gasteiger partial charge on any atom is 0.303 e. The zero-order valence-electron chi connectivity index (χ0n) is 21.8. The number of aliphatic hydroxyl groups is 1. The standard InChI is InChI=1S/C30H42O4/c1-7-30(8-2,25-14-13-24(22(3)20-25)17-18-29(5,6)33)26-15-16-27(23(4)21-26)34-19-11-9-10-12-28(31)32/h13-18,20-21,33H,7-12,19H2,1-6H3,(H,31,32). The van der Waals surface area contributed by atoms with Crippen LogP contribution in [0, 0.1) is 13.8 Å². The van der Waals surface area contributed by atoms with Crippen molar-refractivity contribution in [3.05, 3.63) is 70.3 Å². The van der Waals surface area contributed by atoms with E-state index in [0.717, 1.165) is 42.6 Å². The van der Waals surface area contributed by atoms with Crippen molar-refractivity contribution in [1.82, 2.24) is 0 Å². The Bertz CT molecular complexity index is 978. The molecule has 0 aliphatic carbocycles. The van der Waals surface area contributed by atoms with Gasteiger partial charge in [-0.2, -0.15) is 0 Å². The Kier molecular flexibility index (Phi) is 9.93. The molecular weight excluding hydrogens is 424 g/mol. The molecule has 0 saturated heterocycles. The van der Waals surface area contributed by atoms with E-state index >= 15 is 0 Å². The molecule has 2 aromatic carbocycles. The number of carbonyl (C=O) groups is 1. The van der Waals surface area contributed by atoms with Crippen LogP contribution in [0.5, 0.6) is 5.75 Å². The third-order valence-corrected chi connectivity index (χ3v) is 6.72. The second-order valence-electron chi connectivity index (χ2n) is 9.88. The van der Waals surface area contributed by atoms with Crippen LogP contribution in [0.3, 0.4) is 0 Å². The first kappa shape index (κ1) is 27.7. The SMILES string of the molecule is CCC(CC)(c1ccc(C=CC(C)(C)O)c(C)c1)c1ccc(OCCCCCC(=O)O)c(C)c1. The van der Waals surface area contributed by atoms with Gasteiger partial charge in [-0.25, -0.2) is 0 Å². The zero-order valence-corrected chi connectivity index (χ0v) is 21.8. The van der Waals surface area contributed by atoms with Gasteiger partial charge in [-0.05, 0) is 93.7 Å². The van der Waals surface area contributed by atoms with E-state index in [0.29, 0.717) is 13.0 Å². The van der Waals surface area contributed by atoms with E-state index in [2.05, 4.69) is 64.1 Å². The first-order valence-electron chi connectivity index (χ1n) is 12.5. The summed E-state index contributed by atoms with van der Waals surface area (Å²) >= 11 is 0. The maximum absolute atomic E-state index is 10.6. The molecule has 4 heteroatoms. The van der Waals surface area contributed by atoms with E-state index < -0.39 is 11.6 Å². The lowest BCUT2D eigenvalue weighted by atomic mass is 9.70. The number of carboxylic acids is 1. The minimum absolute atomic E-state index is 0.0800. The van der Waals surface area contributed by atoms with E-state index in [1.165, 1.54) is 16.7 Å². The van der Waals surface area contributed by atoms with Crippen molar-refractivity contribution >= 4 is 12.0 Å². The molecule has 4 nitrogen and oxygen atoms in total. The van der Waals surface area contributed by atoms with Crippen molar-refractivity contribution in [3.63, 3.8) is 0 Å². The van der Waals surface area contributed by atoms with E-state index in [4.69, 9.17) is 9.84 Å². The Labute approximate surface area is 205 Å². The first-order chi connectivity index (χ1) is 16.0. The highest BCUT2D eigenvalue weighted by molar-refractivity contribution is 5.66. The van der Waals surface area contributed by atoms with Gasteiger partial charge >= 0.3 is 5.97 Å². The molecule has 34 heavy (non-hydrogen) atoms. The molecule has 0 unspecified atom stereocenters. The van der Waals surface area contributed by atoms with Crippen LogP contribution in [0.15, 0.2) is 42.5 Å². The Hall–Kier alpha value is -2.59. The van der Waals surface area contributed by atoms with Gasteiger partial charge in [-0.3, -0.25) is 4.79 Å². The van der Waals surface area contributed by atoms with Gasteiger partial charge in [0.15, 0.2) is 0 Å². The largest absolute Gasteiger partial charge is 0.493 e. The zero-order chi connectivity index (χ0) is 25.4. The van der Waals surface area contributed by atoms with Gasteiger partial charge in [0.1, 0.15) is 5.75 Å². The highest BCUT2D eigenvalue weighted by Crippen LogP contribution is 2.41. The van der Waals surface area contributed by atoms with Crippen molar-refractivity contribution in [1.29, 1.82) is 0 Å². The molecule has 0 heterocycles. The molecule has 0 atom stereocenters. The Morgan fingerprint density at radius 3 is 2.09 bits per heavy atom. The first-order valence-corrected chi connectivity index (χ1v) is 12.5. The van der Waals surface area contributed by atoms with Gasteiger partial charge in [0, 0.05) is 11.8 Å². The number of benzene rings is 2. The quantitative estimate of drug-likeness (QED) is 0.306. The van der Waals surface area contributed by atoms with Gasteiger partial charge in [0.25, 0.3) is 0 Å². The minimum atomic E-state index is -0.832. The fourth-order valence-corrected chi connectivity index (χ4v) is 4.53. The summed E-state index contributed by atoms with van der Waals surface area (Å²) in [4.78, 5) is 10.6. The average molecular weight is 467 g/mol. The fourth-order valence-electron chi connectivity index (χ4n) is 4.53. The second-order valence-corrected chi connectivity index (χ2v) is 9.88. The highest BCUT2D eigenvalue weighted by atomic mass is 16.5. The van der Waals surface area contributed by atoms with Gasteiger partial charge in [0.05, 0.1) is 12.2 Å². The number of hydrogen-bond donors (Lipinski definition) is 2. The average Bonchev–Trinajstić information content (AvgIpc) is 2.77. The lowest BCUT2D eigenvalue weighted by Gasteiger charge is -2.34. The van der Waals surface area contributed by atoms with Crippen LogP contribution in [-0.4, -0.2) is 28.4 Å². The lowest BCUT2D eigenvalue weighted by Crippen LogP contribution is -2.26. The van der Waals surface area contributed by atoms with E-state index in [1.54, 1.807) is 13.8 Å². The summed E-state index contributed by atoms with van der Waals surface area (Å²) in [5, 5.41) is 18.8. The molecule has 2 N–H and O–H groups in total. The van der Waals surface area contributed by atoms with Crippen LogP contribution in [0.2, 0.25) is 0 Å². The normalized spacial score (nSPS) is 12.3. The lowest BCUT2D eigenvalue weighted by molar-refractivity contribution is -0.137. The molecule has 0 bridgehead atoms. The second kappa shape index (κ2) is 12.2. The fraction of sp³-hybridized carbons (Fsp3) is 0.500. The summed E-state index contributed by atoms with van der Waals surface area (Å²) in [6.45, 7) is 12.9. The number of rotatable bonds is 13. The third kappa shape index (κ3) is 7.46. The van der Waals surface area contributed by atoms with Crippen LogP contribution in [-0.2, 0) is 10.2 Å². The molecule has 186 valence electrons. The molecular formula is C30H42O4. The van der Waals surface area contributed by atoms with Crippen molar-refractivity contribution in [3.8, 4) is 5.75 Å². The summed E-state index contributed by atoms with van der Waals surface area (Å²) in [6.07, 6.45) is 8.44. The molecule has 0 aliphatic heterocycles. The number of ether oxygens (including phenoxy) is 1. The molecule has 0 spiro atoms. The number of aryl methyl sites for hydroxylation is 2. The van der Waals surface area contributed by atoms with Gasteiger partial charge in [-0.15, -0.1) is 0 Å². The predicted molar refractivity (Wildman–Crippen MR) is 141 cm³/mol. The van der Waals surface area contributed by atoms with Crippen molar-refractivity contribution in [2.45, 2.75) is 91.1 Å². The van der Waals surface area contributed by atoms with E-state index in [9.17, 15) is 9.90 Å². The Balaban J connectivity index is 2.22. The molecule has 0 radical (unpaired) electrons. The summed E-state index contributed by atoms with van der Waals surface area (Å²) in [7, 11) is 0. The monoisotopic (exact) mass is 466 g/mol. The van der Waals surface area contributed by atoms with E-state index in [1.807, 2.05) is 12.2 Å². The summed E-state index contributed by atoms with van der Waals surface area (Å²) in [6, 6.07) is 13.2. The summed E-state index contributed by atoms with van der Waals surface area (Å²) in [5.74, 6) is 0.157. The minimum Gasteiger partial charge on any atom is -0.493 e.